The first-order valence-electron chi connectivity index (χ1n) is 4.75. The van der Waals surface area contributed by atoms with Crippen molar-refractivity contribution < 1.29 is 14.3 Å². The van der Waals surface area contributed by atoms with E-state index in [2.05, 4.69) is 15.3 Å². The molecule has 0 bridgehead atoms. The van der Waals surface area contributed by atoms with Crippen molar-refractivity contribution in [2.45, 2.75) is 6.42 Å². The van der Waals surface area contributed by atoms with Gasteiger partial charge in [-0.15, -0.1) is 0 Å². The maximum Gasteiger partial charge on any atom is 0.427 e. The van der Waals surface area contributed by atoms with Crippen molar-refractivity contribution in [3.05, 3.63) is 35.4 Å². The van der Waals surface area contributed by atoms with Crippen LogP contribution >= 0.6 is 0 Å². The second-order valence-electron chi connectivity index (χ2n) is 3.31. The van der Waals surface area contributed by atoms with E-state index < -0.39 is 6.09 Å². The van der Waals surface area contributed by atoms with Gasteiger partial charge in [-0.2, -0.15) is 5.10 Å². The number of hydrazone groups is 1. The zero-order valence-electron chi connectivity index (χ0n) is 8.69. The van der Waals surface area contributed by atoms with E-state index in [1.807, 2.05) is 6.07 Å². The fourth-order valence-electron chi connectivity index (χ4n) is 1.58. The molecule has 1 aliphatic rings. The maximum atomic E-state index is 11.6. The summed E-state index contributed by atoms with van der Waals surface area (Å²) in [4.78, 5) is 22.4. The fourth-order valence-corrected chi connectivity index (χ4v) is 1.58. The van der Waals surface area contributed by atoms with Crippen LogP contribution in [0.5, 0.6) is 0 Å². The largest absolute Gasteiger partial charge is 0.452 e. The number of nitrogens with one attached hydrogen (secondary N) is 1. The Labute approximate surface area is 92.1 Å². The van der Waals surface area contributed by atoms with Crippen molar-refractivity contribution in [3.8, 4) is 0 Å². The van der Waals surface area contributed by atoms with Gasteiger partial charge in [0.25, 0.3) is 0 Å². The van der Waals surface area contributed by atoms with E-state index in [0.29, 0.717) is 11.3 Å². The molecule has 0 heterocycles. The van der Waals surface area contributed by atoms with Crippen LogP contribution in [0.2, 0.25) is 0 Å². The Balaban J connectivity index is 2.27. The van der Waals surface area contributed by atoms with Crippen LogP contribution in [0.15, 0.2) is 29.4 Å². The fraction of sp³-hybridized carbons (Fsp3) is 0.182. The smallest absolute Gasteiger partial charge is 0.427 e. The number of amides is 1. The molecule has 0 unspecified atom stereocenters. The number of rotatable bonds is 1. The second kappa shape index (κ2) is 4.14. The number of ketones is 1. The highest BCUT2D eigenvalue weighted by molar-refractivity contribution is 6.26. The topological polar surface area (TPSA) is 67.8 Å². The van der Waals surface area contributed by atoms with E-state index in [0.717, 1.165) is 5.56 Å². The Bertz CT molecular complexity index is 480. The van der Waals surface area contributed by atoms with Crippen molar-refractivity contribution in [2.24, 2.45) is 5.10 Å². The summed E-state index contributed by atoms with van der Waals surface area (Å²) in [6.45, 7) is 0. The van der Waals surface area contributed by atoms with Crippen LogP contribution in [0.3, 0.4) is 0 Å². The molecule has 1 N–H and O–H groups in total. The Hall–Kier alpha value is -2.17. The van der Waals surface area contributed by atoms with E-state index in [1.165, 1.54) is 7.11 Å². The number of nitrogens with zero attached hydrogens (tertiary/aromatic N) is 1. The van der Waals surface area contributed by atoms with Crippen LogP contribution in [0.4, 0.5) is 4.79 Å². The molecule has 5 heteroatoms. The van der Waals surface area contributed by atoms with Gasteiger partial charge in [-0.1, -0.05) is 24.3 Å². The molecule has 16 heavy (non-hydrogen) atoms. The predicted octanol–water partition coefficient (Wildman–Crippen LogP) is 1.33. The molecular weight excluding hydrogens is 208 g/mol. The molecule has 5 nitrogen and oxygen atoms in total. The molecule has 1 aromatic rings. The van der Waals surface area contributed by atoms with E-state index in [9.17, 15) is 9.59 Å². The van der Waals surface area contributed by atoms with Crippen molar-refractivity contribution >= 4 is 17.6 Å². The van der Waals surface area contributed by atoms with Crippen LogP contribution < -0.4 is 5.43 Å². The van der Waals surface area contributed by atoms with Gasteiger partial charge in [0.15, 0.2) is 5.78 Å². The van der Waals surface area contributed by atoms with Crippen molar-refractivity contribution in [1.82, 2.24) is 5.43 Å². The van der Waals surface area contributed by atoms with Gasteiger partial charge in [0.1, 0.15) is 0 Å². The molecule has 1 aromatic carbocycles. The number of Topliss-reactive ketones (excluding diaryl/α,β-unsaturated/α-hetero) is 1. The number of methoxy groups -OCH3 is 1. The molecule has 0 aromatic heterocycles. The van der Waals surface area contributed by atoms with Gasteiger partial charge in [-0.05, 0) is 0 Å². The molecule has 82 valence electrons. The second-order valence-corrected chi connectivity index (χ2v) is 3.31. The molecule has 2 rings (SSSR count). The van der Waals surface area contributed by atoms with Gasteiger partial charge in [0, 0.05) is 11.1 Å². The number of carbonyl (C=O) groups excluding carboxylic acids is 2. The van der Waals surface area contributed by atoms with Crippen LogP contribution in [-0.2, 0) is 4.74 Å². The minimum absolute atomic E-state index is 0.0148. The standard InChI is InChI=1S/C11H10N2O3/c1-16-11(15)13-12-9-6-10(14)8-5-3-2-4-7(8)9/h2-5H,6H2,1H3,(H,13,15). The number of fused-ring (bicyclic) bond motifs is 1. The molecular formula is C11H10N2O3. The maximum absolute atomic E-state index is 11.6. The third-order valence-corrected chi connectivity index (χ3v) is 2.33. The minimum Gasteiger partial charge on any atom is -0.452 e. The lowest BCUT2D eigenvalue weighted by atomic mass is 10.1. The predicted molar refractivity (Wildman–Crippen MR) is 57.5 cm³/mol. The lowest BCUT2D eigenvalue weighted by Gasteiger charge is -1.99. The number of ether oxygens (including phenoxy) is 1. The van der Waals surface area contributed by atoms with E-state index in [-0.39, 0.29) is 12.2 Å². The number of hydrogen-bond acceptors (Lipinski definition) is 4. The number of hydrogen-bond donors (Lipinski definition) is 1. The van der Waals surface area contributed by atoms with E-state index in [1.54, 1.807) is 18.2 Å². The molecule has 0 aliphatic heterocycles. The molecule has 1 amide bonds. The first-order valence-corrected chi connectivity index (χ1v) is 4.75. The minimum atomic E-state index is -0.649. The highest BCUT2D eigenvalue weighted by Crippen LogP contribution is 2.21. The van der Waals surface area contributed by atoms with Gasteiger partial charge in [-0.3, -0.25) is 4.79 Å². The zero-order chi connectivity index (χ0) is 11.5. The van der Waals surface area contributed by atoms with Crippen molar-refractivity contribution in [2.75, 3.05) is 7.11 Å². The van der Waals surface area contributed by atoms with Crippen molar-refractivity contribution in [1.29, 1.82) is 0 Å². The summed E-state index contributed by atoms with van der Waals surface area (Å²) in [5, 5.41) is 3.86. The van der Waals surface area contributed by atoms with Crippen LogP contribution in [0, 0.1) is 0 Å². The van der Waals surface area contributed by atoms with Crippen LogP contribution in [0.25, 0.3) is 0 Å². The summed E-state index contributed by atoms with van der Waals surface area (Å²) in [6.07, 6.45) is -0.437. The SMILES string of the molecule is COC(=O)NN=C1CC(=O)c2ccccc21. The lowest BCUT2D eigenvalue weighted by Crippen LogP contribution is -2.18. The highest BCUT2D eigenvalue weighted by atomic mass is 16.5. The molecule has 0 saturated heterocycles. The lowest BCUT2D eigenvalue weighted by molar-refractivity contribution is 0.101. The van der Waals surface area contributed by atoms with Gasteiger partial charge >= 0.3 is 6.09 Å². The average Bonchev–Trinajstić information content (AvgIpc) is 2.64. The van der Waals surface area contributed by atoms with E-state index in [4.69, 9.17) is 0 Å². The first-order chi connectivity index (χ1) is 7.72. The summed E-state index contributed by atoms with van der Waals surface area (Å²) < 4.78 is 4.38. The highest BCUT2D eigenvalue weighted by Gasteiger charge is 2.25. The molecule has 0 radical (unpaired) electrons. The van der Waals surface area contributed by atoms with Gasteiger partial charge < -0.3 is 4.74 Å². The molecule has 0 saturated carbocycles. The van der Waals surface area contributed by atoms with Gasteiger partial charge in [0.2, 0.25) is 0 Å². The molecule has 0 spiro atoms. The van der Waals surface area contributed by atoms with Crippen LogP contribution in [-0.4, -0.2) is 24.7 Å². The Morgan fingerprint density at radius 1 is 1.38 bits per heavy atom. The summed E-state index contributed by atoms with van der Waals surface area (Å²) in [5.41, 5.74) is 4.19. The Kier molecular flexibility index (Phi) is 2.68. The van der Waals surface area contributed by atoms with Gasteiger partial charge in [-0.25, -0.2) is 10.2 Å². The number of benzene rings is 1. The number of carbonyl (C=O) groups is 2. The average molecular weight is 218 g/mol. The van der Waals surface area contributed by atoms with E-state index >= 15 is 0 Å². The Morgan fingerprint density at radius 2 is 2.06 bits per heavy atom. The third kappa shape index (κ3) is 1.79. The zero-order valence-corrected chi connectivity index (χ0v) is 8.69. The van der Waals surface area contributed by atoms with Crippen LogP contribution in [0.1, 0.15) is 22.3 Å². The third-order valence-electron chi connectivity index (χ3n) is 2.33. The summed E-state index contributed by atoms with van der Waals surface area (Å²) in [5.74, 6) is 0.0148. The molecule has 0 fully saturated rings. The quantitative estimate of drug-likeness (QED) is 0.723. The normalized spacial score (nSPS) is 16.1. The monoisotopic (exact) mass is 218 g/mol. The first kappa shape index (κ1) is 10.4. The molecule has 0 atom stereocenters. The van der Waals surface area contributed by atoms with Crippen molar-refractivity contribution in [3.63, 3.8) is 0 Å². The summed E-state index contributed by atoms with van der Waals surface area (Å²) in [6, 6.07) is 7.18. The van der Waals surface area contributed by atoms with Gasteiger partial charge in [0.05, 0.1) is 19.2 Å². The summed E-state index contributed by atoms with van der Waals surface area (Å²) >= 11 is 0. The summed E-state index contributed by atoms with van der Waals surface area (Å²) in [7, 11) is 1.25. The Morgan fingerprint density at radius 3 is 2.75 bits per heavy atom. The molecule has 1 aliphatic carbocycles.